The summed E-state index contributed by atoms with van der Waals surface area (Å²) < 4.78 is 4.73. The molecule has 0 aliphatic carbocycles. The van der Waals surface area contributed by atoms with E-state index >= 15 is 0 Å². The summed E-state index contributed by atoms with van der Waals surface area (Å²) >= 11 is 5.58. The first-order chi connectivity index (χ1) is 11.1. The molecule has 1 aliphatic heterocycles. The number of nitrogens with zero attached hydrogens (tertiary/aromatic N) is 5. The van der Waals surface area contributed by atoms with E-state index in [9.17, 15) is 0 Å². The zero-order valence-corrected chi connectivity index (χ0v) is 15.0. The van der Waals surface area contributed by atoms with E-state index in [1.165, 1.54) is 5.56 Å². The highest BCUT2D eigenvalue weighted by Gasteiger charge is 2.17. The van der Waals surface area contributed by atoms with Gasteiger partial charge in [-0.1, -0.05) is 36.8 Å². The highest BCUT2D eigenvalue weighted by atomic mass is 32.1. The topological polar surface area (TPSA) is 29.2 Å². The molecular formula is C17H25N5S. The Morgan fingerprint density at radius 2 is 1.65 bits per heavy atom. The zero-order chi connectivity index (χ0) is 16.4. The van der Waals surface area contributed by atoms with E-state index < -0.39 is 0 Å². The van der Waals surface area contributed by atoms with Crippen molar-refractivity contribution in [3.05, 3.63) is 34.6 Å². The number of benzene rings is 1. The lowest BCUT2D eigenvalue weighted by Gasteiger charge is -2.33. The minimum atomic E-state index is 0.774. The molecule has 0 amide bonds. The SMILES string of the molecule is CCN1CCN(Cn2nc(-c3ccc(C)cc3)n(C)c2=S)CC1. The maximum absolute atomic E-state index is 5.58. The maximum Gasteiger partial charge on any atom is 0.199 e. The second-order valence-electron chi connectivity index (χ2n) is 6.22. The number of piperazine rings is 1. The predicted octanol–water partition coefficient (Wildman–Crippen LogP) is 2.52. The lowest BCUT2D eigenvalue weighted by atomic mass is 10.1. The molecule has 0 saturated carbocycles. The molecule has 1 aliphatic rings. The minimum Gasteiger partial charge on any atom is -0.303 e. The molecule has 0 N–H and O–H groups in total. The van der Waals surface area contributed by atoms with Gasteiger partial charge in [-0.15, -0.1) is 0 Å². The summed E-state index contributed by atoms with van der Waals surface area (Å²) in [5, 5.41) is 4.76. The number of likely N-dealkylation sites (N-methyl/N-ethyl adjacent to an activating group) is 1. The third kappa shape index (κ3) is 3.54. The quantitative estimate of drug-likeness (QED) is 0.805. The van der Waals surface area contributed by atoms with E-state index in [-0.39, 0.29) is 0 Å². The molecule has 1 saturated heterocycles. The smallest absolute Gasteiger partial charge is 0.199 e. The number of rotatable bonds is 4. The number of aryl methyl sites for hydroxylation is 1. The van der Waals surface area contributed by atoms with Gasteiger partial charge in [0.1, 0.15) is 0 Å². The Morgan fingerprint density at radius 3 is 2.26 bits per heavy atom. The lowest BCUT2D eigenvalue weighted by Crippen LogP contribution is -2.46. The predicted molar refractivity (Wildman–Crippen MR) is 95.9 cm³/mol. The normalized spacial score (nSPS) is 16.8. The molecule has 1 aromatic heterocycles. The van der Waals surface area contributed by atoms with Crippen molar-refractivity contribution in [2.24, 2.45) is 7.05 Å². The highest BCUT2D eigenvalue weighted by Crippen LogP contribution is 2.18. The Kier molecular flexibility index (Phi) is 4.94. The third-order valence-corrected chi connectivity index (χ3v) is 5.08. The lowest BCUT2D eigenvalue weighted by molar-refractivity contribution is 0.106. The van der Waals surface area contributed by atoms with Crippen LogP contribution in [0.2, 0.25) is 0 Å². The Hall–Kier alpha value is -1.50. The van der Waals surface area contributed by atoms with Gasteiger partial charge in [0.15, 0.2) is 10.6 Å². The Bertz CT molecular complexity index is 708. The largest absolute Gasteiger partial charge is 0.303 e. The van der Waals surface area contributed by atoms with Crippen LogP contribution >= 0.6 is 12.2 Å². The van der Waals surface area contributed by atoms with E-state index in [1.54, 1.807) is 0 Å². The van der Waals surface area contributed by atoms with Crippen molar-refractivity contribution < 1.29 is 0 Å². The molecule has 23 heavy (non-hydrogen) atoms. The van der Waals surface area contributed by atoms with Crippen LogP contribution in [0.3, 0.4) is 0 Å². The van der Waals surface area contributed by atoms with Gasteiger partial charge in [-0.25, -0.2) is 4.68 Å². The fourth-order valence-corrected chi connectivity index (χ4v) is 3.16. The molecule has 5 nitrogen and oxygen atoms in total. The molecule has 0 bridgehead atoms. The molecule has 2 heterocycles. The van der Waals surface area contributed by atoms with Crippen LogP contribution in [-0.2, 0) is 13.7 Å². The first-order valence-corrected chi connectivity index (χ1v) is 8.65. The molecule has 1 fully saturated rings. The fourth-order valence-electron chi connectivity index (χ4n) is 2.97. The van der Waals surface area contributed by atoms with Gasteiger partial charge in [0, 0.05) is 38.8 Å². The monoisotopic (exact) mass is 331 g/mol. The molecule has 124 valence electrons. The van der Waals surface area contributed by atoms with Crippen LogP contribution in [0.1, 0.15) is 12.5 Å². The van der Waals surface area contributed by atoms with Crippen molar-refractivity contribution in [3.63, 3.8) is 0 Å². The van der Waals surface area contributed by atoms with Crippen molar-refractivity contribution in [3.8, 4) is 11.4 Å². The Morgan fingerprint density at radius 1 is 1.04 bits per heavy atom. The van der Waals surface area contributed by atoms with Gasteiger partial charge < -0.3 is 9.47 Å². The Balaban J connectivity index is 1.78. The molecule has 0 radical (unpaired) electrons. The van der Waals surface area contributed by atoms with E-state index in [0.717, 1.165) is 55.6 Å². The first kappa shape index (κ1) is 16.4. The second kappa shape index (κ2) is 6.95. The van der Waals surface area contributed by atoms with Crippen LogP contribution in [0.15, 0.2) is 24.3 Å². The summed E-state index contributed by atoms with van der Waals surface area (Å²) in [5.74, 6) is 0.933. The molecule has 0 atom stereocenters. The zero-order valence-electron chi connectivity index (χ0n) is 14.2. The summed E-state index contributed by atoms with van der Waals surface area (Å²) in [6.45, 7) is 10.6. The summed E-state index contributed by atoms with van der Waals surface area (Å²) in [4.78, 5) is 4.90. The van der Waals surface area contributed by atoms with E-state index in [1.807, 2.05) is 16.3 Å². The molecule has 1 aromatic carbocycles. The van der Waals surface area contributed by atoms with Gasteiger partial charge >= 0.3 is 0 Å². The van der Waals surface area contributed by atoms with Gasteiger partial charge in [0.05, 0.1) is 6.67 Å². The highest BCUT2D eigenvalue weighted by molar-refractivity contribution is 7.71. The van der Waals surface area contributed by atoms with Gasteiger partial charge in [-0.2, -0.15) is 5.10 Å². The van der Waals surface area contributed by atoms with Crippen LogP contribution in [0.25, 0.3) is 11.4 Å². The van der Waals surface area contributed by atoms with Gasteiger partial charge in [-0.05, 0) is 25.7 Å². The van der Waals surface area contributed by atoms with Crippen LogP contribution in [0.4, 0.5) is 0 Å². The summed E-state index contributed by atoms with van der Waals surface area (Å²) in [6.07, 6.45) is 0. The number of hydrogen-bond acceptors (Lipinski definition) is 4. The van der Waals surface area contributed by atoms with Crippen molar-refractivity contribution in [1.82, 2.24) is 24.1 Å². The van der Waals surface area contributed by atoms with Crippen LogP contribution in [0, 0.1) is 11.7 Å². The van der Waals surface area contributed by atoms with Crippen molar-refractivity contribution in [2.75, 3.05) is 32.7 Å². The maximum atomic E-state index is 5.58. The minimum absolute atomic E-state index is 0.774. The first-order valence-electron chi connectivity index (χ1n) is 8.24. The fraction of sp³-hybridized carbons (Fsp3) is 0.529. The van der Waals surface area contributed by atoms with Crippen LogP contribution in [-0.4, -0.2) is 56.9 Å². The summed E-state index contributed by atoms with van der Waals surface area (Å²) in [6, 6.07) is 8.44. The van der Waals surface area contributed by atoms with E-state index in [0.29, 0.717) is 0 Å². The molecule has 2 aromatic rings. The molecule has 3 rings (SSSR count). The van der Waals surface area contributed by atoms with Gasteiger partial charge in [0.25, 0.3) is 0 Å². The average molecular weight is 331 g/mol. The summed E-state index contributed by atoms with van der Waals surface area (Å²) in [5.41, 5.74) is 2.36. The molecule has 6 heteroatoms. The molecule has 0 spiro atoms. The van der Waals surface area contributed by atoms with Gasteiger partial charge in [0.2, 0.25) is 0 Å². The number of hydrogen-bond donors (Lipinski definition) is 0. The van der Waals surface area contributed by atoms with Crippen molar-refractivity contribution in [1.29, 1.82) is 0 Å². The third-order valence-electron chi connectivity index (χ3n) is 4.60. The van der Waals surface area contributed by atoms with Gasteiger partial charge in [-0.3, -0.25) is 4.90 Å². The Labute approximate surface area is 143 Å². The van der Waals surface area contributed by atoms with E-state index in [2.05, 4.69) is 47.9 Å². The van der Waals surface area contributed by atoms with Crippen LogP contribution in [0.5, 0.6) is 0 Å². The van der Waals surface area contributed by atoms with E-state index in [4.69, 9.17) is 17.3 Å². The number of aromatic nitrogens is 3. The van der Waals surface area contributed by atoms with Crippen molar-refractivity contribution >= 4 is 12.2 Å². The van der Waals surface area contributed by atoms with Crippen molar-refractivity contribution in [2.45, 2.75) is 20.5 Å². The molecular weight excluding hydrogens is 306 g/mol. The second-order valence-corrected chi connectivity index (χ2v) is 6.59. The molecule has 0 unspecified atom stereocenters. The average Bonchev–Trinajstić information content (AvgIpc) is 2.85. The van der Waals surface area contributed by atoms with Crippen LogP contribution < -0.4 is 0 Å². The summed E-state index contributed by atoms with van der Waals surface area (Å²) in [7, 11) is 2.00. The standard InChI is InChI=1S/C17H25N5S/c1-4-20-9-11-21(12-10-20)13-22-17(23)19(3)16(18-22)15-7-5-14(2)6-8-15/h5-8H,4,9-13H2,1-3H3.